The lowest BCUT2D eigenvalue weighted by atomic mass is 9.84. The molecule has 8 nitrogen and oxygen atoms in total. The standard InChI is InChI=1S/C17H18N4O4/c1-8-13-14(10(7-18)16(19)25-17(13)21-20-8)9-5-11(22-2)15(24-4)12(6-9)23-3/h5-6,14H,19H2,1-4H3,(H,20,21). The summed E-state index contributed by atoms with van der Waals surface area (Å²) < 4.78 is 21.7. The summed E-state index contributed by atoms with van der Waals surface area (Å²) in [6, 6.07) is 5.72. The molecule has 1 unspecified atom stereocenters. The Kier molecular flexibility index (Phi) is 4.15. The summed E-state index contributed by atoms with van der Waals surface area (Å²) in [6.07, 6.45) is 0. The van der Waals surface area contributed by atoms with E-state index in [1.165, 1.54) is 21.3 Å². The van der Waals surface area contributed by atoms with E-state index in [-0.39, 0.29) is 5.88 Å². The zero-order valence-electron chi connectivity index (χ0n) is 14.3. The van der Waals surface area contributed by atoms with Crippen LogP contribution in [-0.2, 0) is 0 Å². The highest BCUT2D eigenvalue weighted by Gasteiger charge is 2.35. The molecule has 0 spiro atoms. The first-order valence-corrected chi connectivity index (χ1v) is 7.48. The second-order valence-corrected chi connectivity index (χ2v) is 5.45. The predicted molar refractivity (Wildman–Crippen MR) is 88.7 cm³/mol. The summed E-state index contributed by atoms with van der Waals surface area (Å²) in [5, 5.41) is 16.6. The Morgan fingerprint density at radius 2 is 1.84 bits per heavy atom. The quantitative estimate of drug-likeness (QED) is 0.872. The zero-order valence-corrected chi connectivity index (χ0v) is 14.3. The average Bonchev–Trinajstić information content (AvgIpc) is 2.99. The minimum absolute atomic E-state index is 0.0280. The number of methoxy groups -OCH3 is 3. The van der Waals surface area contributed by atoms with Gasteiger partial charge in [-0.3, -0.25) is 5.10 Å². The molecule has 0 saturated heterocycles. The number of benzene rings is 1. The van der Waals surface area contributed by atoms with Gasteiger partial charge in [0.15, 0.2) is 11.5 Å². The van der Waals surface area contributed by atoms with E-state index in [1.807, 2.05) is 6.92 Å². The van der Waals surface area contributed by atoms with E-state index < -0.39 is 5.92 Å². The van der Waals surface area contributed by atoms with E-state index in [1.54, 1.807) is 12.1 Å². The molecule has 1 aromatic carbocycles. The van der Waals surface area contributed by atoms with Gasteiger partial charge in [-0.05, 0) is 24.6 Å². The van der Waals surface area contributed by atoms with E-state index >= 15 is 0 Å². The Balaban J connectivity index is 2.27. The fourth-order valence-electron chi connectivity index (χ4n) is 3.00. The van der Waals surface area contributed by atoms with E-state index in [9.17, 15) is 5.26 Å². The number of aromatic nitrogens is 2. The summed E-state index contributed by atoms with van der Waals surface area (Å²) in [5.74, 6) is 1.37. The van der Waals surface area contributed by atoms with Crippen LogP contribution in [0.2, 0.25) is 0 Å². The molecule has 2 aromatic rings. The lowest BCUT2D eigenvalue weighted by molar-refractivity contribution is 0.323. The summed E-state index contributed by atoms with van der Waals surface area (Å²) >= 11 is 0. The highest BCUT2D eigenvalue weighted by Crippen LogP contribution is 2.47. The van der Waals surface area contributed by atoms with Gasteiger partial charge < -0.3 is 24.7 Å². The molecular weight excluding hydrogens is 324 g/mol. The molecule has 1 aliphatic rings. The Bertz CT molecular complexity index is 870. The Morgan fingerprint density at radius 3 is 2.36 bits per heavy atom. The SMILES string of the molecule is COc1cc(C2C(C#N)=C(N)Oc3n[nH]c(C)c32)cc(OC)c1OC. The maximum atomic E-state index is 9.62. The molecule has 0 bridgehead atoms. The van der Waals surface area contributed by atoms with Gasteiger partial charge in [0.25, 0.3) is 0 Å². The van der Waals surface area contributed by atoms with Crippen LogP contribution in [-0.4, -0.2) is 31.5 Å². The molecule has 130 valence electrons. The number of rotatable bonds is 4. The molecule has 1 aliphatic heterocycles. The highest BCUT2D eigenvalue weighted by molar-refractivity contribution is 5.61. The molecule has 1 atom stereocenters. The molecule has 3 N–H and O–H groups in total. The van der Waals surface area contributed by atoms with Crippen molar-refractivity contribution in [3.8, 4) is 29.2 Å². The van der Waals surface area contributed by atoms with Gasteiger partial charge in [-0.15, -0.1) is 5.10 Å². The van der Waals surface area contributed by atoms with E-state index in [0.29, 0.717) is 28.7 Å². The second-order valence-electron chi connectivity index (χ2n) is 5.45. The fourth-order valence-corrected chi connectivity index (χ4v) is 3.00. The topological polar surface area (TPSA) is 115 Å². The van der Waals surface area contributed by atoms with Gasteiger partial charge in [-0.1, -0.05) is 0 Å². The van der Waals surface area contributed by atoms with Gasteiger partial charge in [0.05, 0.1) is 27.2 Å². The second kappa shape index (κ2) is 6.28. The Hall–Kier alpha value is -3.34. The number of nitriles is 1. The van der Waals surface area contributed by atoms with Crippen molar-refractivity contribution in [3.63, 3.8) is 0 Å². The molecule has 0 radical (unpaired) electrons. The summed E-state index contributed by atoms with van der Waals surface area (Å²) in [4.78, 5) is 0. The average molecular weight is 342 g/mol. The highest BCUT2D eigenvalue weighted by atomic mass is 16.5. The molecule has 0 saturated carbocycles. The van der Waals surface area contributed by atoms with E-state index in [4.69, 9.17) is 24.7 Å². The maximum absolute atomic E-state index is 9.62. The molecule has 25 heavy (non-hydrogen) atoms. The van der Waals surface area contributed by atoms with Gasteiger partial charge in [0, 0.05) is 11.3 Å². The lowest BCUT2D eigenvalue weighted by Gasteiger charge is -2.25. The molecule has 0 fully saturated rings. The van der Waals surface area contributed by atoms with Gasteiger partial charge in [0.2, 0.25) is 17.5 Å². The first-order valence-electron chi connectivity index (χ1n) is 7.48. The van der Waals surface area contributed by atoms with Crippen molar-refractivity contribution in [2.24, 2.45) is 5.73 Å². The molecule has 1 aromatic heterocycles. The molecule has 0 amide bonds. The number of nitrogens with zero attached hydrogens (tertiary/aromatic N) is 2. The number of H-pyrrole nitrogens is 1. The third-order valence-corrected chi connectivity index (χ3v) is 4.15. The van der Waals surface area contributed by atoms with Gasteiger partial charge >= 0.3 is 0 Å². The van der Waals surface area contributed by atoms with Gasteiger partial charge in [0.1, 0.15) is 11.6 Å². The number of nitrogens with one attached hydrogen (secondary N) is 1. The minimum Gasteiger partial charge on any atom is -0.493 e. The van der Waals surface area contributed by atoms with Crippen molar-refractivity contribution in [2.75, 3.05) is 21.3 Å². The van der Waals surface area contributed by atoms with Gasteiger partial charge in [-0.2, -0.15) is 5.26 Å². The number of aryl methyl sites for hydroxylation is 1. The maximum Gasteiger partial charge on any atom is 0.244 e. The number of ether oxygens (including phenoxy) is 4. The summed E-state index contributed by atoms with van der Waals surface area (Å²) in [6.45, 7) is 1.86. The van der Waals surface area contributed by atoms with Crippen LogP contribution in [0.5, 0.6) is 23.1 Å². The smallest absolute Gasteiger partial charge is 0.244 e. The van der Waals surface area contributed by atoms with Crippen LogP contribution in [0.1, 0.15) is 22.7 Å². The van der Waals surface area contributed by atoms with Crippen molar-refractivity contribution in [1.29, 1.82) is 5.26 Å². The van der Waals surface area contributed by atoms with E-state index in [2.05, 4.69) is 16.3 Å². The summed E-state index contributed by atoms with van der Waals surface area (Å²) in [7, 11) is 4.61. The van der Waals surface area contributed by atoms with E-state index in [0.717, 1.165) is 16.8 Å². The number of aromatic amines is 1. The van der Waals surface area contributed by atoms with Crippen LogP contribution in [0.25, 0.3) is 0 Å². The van der Waals surface area contributed by atoms with Crippen molar-refractivity contribution >= 4 is 0 Å². The third kappa shape index (κ3) is 2.50. The first kappa shape index (κ1) is 16.5. The monoisotopic (exact) mass is 342 g/mol. The van der Waals surface area contributed by atoms with Crippen molar-refractivity contribution in [1.82, 2.24) is 10.2 Å². The molecule has 3 rings (SSSR count). The number of hydrogen-bond acceptors (Lipinski definition) is 7. The van der Waals surface area contributed by atoms with Gasteiger partial charge in [-0.25, -0.2) is 0 Å². The molecule has 2 heterocycles. The predicted octanol–water partition coefficient (Wildman–Crippen LogP) is 1.96. The first-order chi connectivity index (χ1) is 12.0. The number of fused-ring (bicyclic) bond motifs is 1. The largest absolute Gasteiger partial charge is 0.493 e. The normalized spacial score (nSPS) is 15.9. The lowest BCUT2D eigenvalue weighted by Crippen LogP contribution is -2.21. The Labute approximate surface area is 144 Å². The third-order valence-electron chi connectivity index (χ3n) is 4.15. The van der Waals surface area contributed by atoms with Crippen molar-refractivity contribution in [3.05, 3.63) is 40.4 Å². The van der Waals surface area contributed by atoms with Crippen molar-refractivity contribution in [2.45, 2.75) is 12.8 Å². The molecule has 0 aliphatic carbocycles. The van der Waals surface area contributed by atoms with Crippen LogP contribution >= 0.6 is 0 Å². The Morgan fingerprint density at radius 1 is 1.20 bits per heavy atom. The molecular formula is C17H18N4O4. The van der Waals surface area contributed by atoms with Crippen molar-refractivity contribution < 1.29 is 18.9 Å². The van der Waals surface area contributed by atoms with Crippen LogP contribution in [0.3, 0.4) is 0 Å². The molecule has 8 heteroatoms. The number of allylic oxidation sites excluding steroid dienone is 1. The van der Waals surface area contributed by atoms with Crippen LogP contribution in [0.4, 0.5) is 0 Å². The van der Waals surface area contributed by atoms with Crippen LogP contribution in [0, 0.1) is 18.3 Å². The number of nitrogens with two attached hydrogens (primary N) is 1. The number of hydrogen-bond donors (Lipinski definition) is 2. The fraction of sp³-hybridized carbons (Fsp3) is 0.294. The zero-order chi connectivity index (χ0) is 18.1. The van der Waals surface area contributed by atoms with Crippen LogP contribution < -0.4 is 24.7 Å². The minimum atomic E-state index is -0.457. The van der Waals surface area contributed by atoms with Crippen LogP contribution in [0.15, 0.2) is 23.6 Å². The summed E-state index contributed by atoms with van der Waals surface area (Å²) in [5.41, 5.74) is 8.52.